The van der Waals surface area contributed by atoms with Gasteiger partial charge in [-0.25, -0.2) is 0 Å². The normalized spacial score (nSPS) is 21.8. The quantitative estimate of drug-likeness (QED) is 0.270. The van der Waals surface area contributed by atoms with Gasteiger partial charge in [0.15, 0.2) is 5.79 Å². The summed E-state index contributed by atoms with van der Waals surface area (Å²) in [6.07, 6.45) is -0.862. The number of hydrogen-bond acceptors (Lipinski definition) is 9. The number of nitro benzene ring substituents is 1. The maximum atomic E-state index is 12.3. The summed E-state index contributed by atoms with van der Waals surface area (Å²) in [7, 11) is -4.12. The van der Waals surface area contributed by atoms with E-state index >= 15 is 0 Å². The number of carbonyl (C=O) groups is 1. The molecule has 0 unspecified atom stereocenters. The molecule has 10 nitrogen and oxygen atoms in total. The summed E-state index contributed by atoms with van der Waals surface area (Å²) >= 11 is 0. The van der Waals surface area contributed by atoms with Gasteiger partial charge in [-0.1, -0.05) is 0 Å². The smallest absolute Gasteiger partial charge is 0.308 e. The lowest BCUT2D eigenvalue weighted by Gasteiger charge is -2.40. The highest BCUT2D eigenvalue weighted by atomic mass is 32.2. The molecule has 1 aromatic carbocycles. The summed E-state index contributed by atoms with van der Waals surface area (Å²) in [5, 5.41) is 10.7. The van der Waals surface area contributed by atoms with Crippen LogP contribution in [0.4, 0.5) is 5.69 Å². The van der Waals surface area contributed by atoms with E-state index in [4.69, 9.17) is 18.4 Å². The number of non-ortho nitro benzene ring substituents is 1. The molecule has 2 rings (SSSR count). The van der Waals surface area contributed by atoms with Crippen LogP contribution < -0.4 is 0 Å². The van der Waals surface area contributed by atoms with Gasteiger partial charge in [0, 0.05) is 18.6 Å². The van der Waals surface area contributed by atoms with Crippen LogP contribution in [0.1, 0.15) is 33.6 Å². The molecular weight excluding hydrogens is 394 g/mol. The van der Waals surface area contributed by atoms with Crippen molar-refractivity contribution in [2.75, 3.05) is 13.2 Å². The summed E-state index contributed by atoms with van der Waals surface area (Å²) in [5.74, 6) is -1.44. The zero-order valence-corrected chi connectivity index (χ0v) is 16.6. The third-order valence-corrected chi connectivity index (χ3v) is 5.17. The van der Waals surface area contributed by atoms with Crippen molar-refractivity contribution in [3.63, 3.8) is 0 Å². The molecule has 0 radical (unpaired) electrons. The number of carbonyl (C=O) groups excluding carboxylic acids is 1. The number of rotatable bonds is 8. The predicted molar refractivity (Wildman–Crippen MR) is 95.9 cm³/mol. The Labute approximate surface area is 163 Å². The molecule has 156 valence electrons. The molecule has 1 aliphatic heterocycles. The van der Waals surface area contributed by atoms with Crippen molar-refractivity contribution < 1.29 is 36.5 Å². The van der Waals surface area contributed by atoms with Crippen molar-refractivity contribution in [1.29, 1.82) is 0 Å². The Hall–Kier alpha value is -2.08. The lowest BCUT2D eigenvalue weighted by atomic mass is 10.1. The van der Waals surface area contributed by atoms with Crippen LogP contribution in [0.2, 0.25) is 0 Å². The lowest BCUT2D eigenvalue weighted by molar-refractivity contribution is -0.384. The molecule has 28 heavy (non-hydrogen) atoms. The van der Waals surface area contributed by atoms with Crippen LogP contribution in [-0.4, -0.2) is 50.5 Å². The SMILES string of the molecule is CCOC(=O)C[C@H]1C[C@@H](COS(=O)(=O)c2ccc([N+](=O)[O-])cc2)OC(C)(C)O1. The van der Waals surface area contributed by atoms with Gasteiger partial charge in [0.2, 0.25) is 0 Å². The summed E-state index contributed by atoms with van der Waals surface area (Å²) in [6.45, 7) is 4.98. The zero-order chi connectivity index (χ0) is 20.9. The van der Waals surface area contributed by atoms with Gasteiger partial charge in [-0.05, 0) is 32.9 Å². The first-order valence-electron chi connectivity index (χ1n) is 8.67. The molecule has 1 fully saturated rings. The van der Waals surface area contributed by atoms with E-state index in [1.807, 2.05) is 0 Å². The molecule has 2 atom stereocenters. The third kappa shape index (κ3) is 6.23. The summed E-state index contributed by atoms with van der Waals surface area (Å²) in [6, 6.07) is 4.37. The fourth-order valence-corrected chi connectivity index (χ4v) is 3.76. The average molecular weight is 417 g/mol. The van der Waals surface area contributed by atoms with Crippen LogP contribution in [0, 0.1) is 10.1 Å². The van der Waals surface area contributed by atoms with Crippen molar-refractivity contribution in [3.05, 3.63) is 34.4 Å². The molecule has 0 saturated carbocycles. The van der Waals surface area contributed by atoms with Gasteiger partial charge in [-0.3, -0.25) is 19.1 Å². The number of nitro groups is 1. The first-order chi connectivity index (χ1) is 13.0. The molecule has 0 aliphatic carbocycles. The first-order valence-corrected chi connectivity index (χ1v) is 10.1. The van der Waals surface area contributed by atoms with Crippen LogP contribution in [-0.2, 0) is 33.3 Å². The Morgan fingerprint density at radius 1 is 1.25 bits per heavy atom. The van der Waals surface area contributed by atoms with Crippen LogP contribution in [0.3, 0.4) is 0 Å². The van der Waals surface area contributed by atoms with E-state index in [2.05, 4.69) is 0 Å². The van der Waals surface area contributed by atoms with E-state index in [0.717, 1.165) is 24.3 Å². The molecule has 1 heterocycles. The lowest BCUT2D eigenvalue weighted by Crippen LogP contribution is -2.47. The molecule has 0 spiro atoms. The topological polar surface area (TPSA) is 131 Å². The second kappa shape index (κ2) is 8.95. The maximum Gasteiger partial charge on any atom is 0.308 e. The molecule has 1 aromatic rings. The van der Waals surface area contributed by atoms with Crippen molar-refractivity contribution in [3.8, 4) is 0 Å². The number of esters is 1. The molecule has 1 aliphatic rings. The summed E-state index contributed by atoms with van der Waals surface area (Å²) < 4.78 is 45.9. The Bertz CT molecular complexity index is 804. The van der Waals surface area contributed by atoms with Gasteiger partial charge in [0.05, 0.1) is 41.7 Å². The molecule has 11 heteroatoms. The highest BCUT2D eigenvalue weighted by Gasteiger charge is 2.37. The Morgan fingerprint density at radius 3 is 2.43 bits per heavy atom. The first kappa shape index (κ1) is 22.2. The Balaban J connectivity index is 2.00. The van der Waals surface area contributed by atoms with Gasteiger partial charge in [-0.15, -0.1) is 0 Å². The molecule has 0 bridgehead atoms. The second-order valence-corrected chi connectivity index (χ2v) is 8.23. The highest BCUT2D eigenvalue weighted by molar-refractivity contribution is 7.86. The molecule has 1 saturated heterocycles. The highest BCUT2D eigenvalue weighted by Crippen LogP contribution is 2.29. The minimum Gasteiger partial charge on any atom is -0.466 e. The fourth-order valence-electron chi connectivity index (χ4n) is 2.82. The minimum atomic E-state index is -4.12. The number of nitrogens with zero attached hydrogens (tertiary/aromatic N) is 1. The monoisotopic (exact) mass is 417 g/mol. The zero-order valence-electron chi connectivity index (χ0n) is 15.8. The fraction of sp³-hybridized carbons (Fsp3) is 0.588. The van der Waals surface area contributed by atoms with E-state index in [9.17, 15) is 23.3 Å². The molecule has 0 N–H and O–H groups in total. The number of hydrogen-bond donors (Lipinski definition) is 0. The van der Waals surface area contributed by atoms with Crippen LogP contribution in [0.25, 0.3) is 0 Å². The standard InChI is InChI=1S/C17H23NO9S/c1-4-24-16(19)10-13-9-14(27-17(2,3)26-13)11-25-28(22,23)15-7-5-12(6-8-15)18(20)21/h5-8,13-14H,4,9-11H2,1-3H3/t13-,14+/m1/s1. The number of ether oxygens (including phenoxy) is 3. The minimum absolute atomic E-state index is 0.0201. The van der Waals surface area contributed by atoms with Crippen LogP contribution >= 0.6 is 0 Å². The van der Waals surface area contributed by atoms with Crippen molar-refractivity contribution in [2.24, 2.45) is 0 Å². The summed E-state index contributed by atoms with van der Waals surface area (Å²) in [4.78, 5) is 21.5. The van der Waals surface area contributed by atoms with E-state index < -0.39 is 39.0 Å². The largest absolute Gasteiger partial charge is 0.466 e. The van der Waals surface area contributed by atoms with E-state index in [1.165, 1.54) is 0 Å². The van der Waals surface area contributed by atoms with Crippen molar-refractivity contribution in [1.82, 2.24) is 0 Å². The third-order valence-electron chi connectivity index (χ3n) is 3.87. The maximum absolute atomic E-state index is 12.3. The summed E-state index contributed by atoms with van der Waals surface area (Å²) in [5.41, 5.74) is -0.227. The van der Waals surface area contributed by atoms with Gasteiger partial charge in [0.25, 0.3) is 15.8 Å². The van der Waals surface area contributed by atoms with E-state index in [0.29, 0.717) is 0 Å². The van der Waals surface area contributed by atoms with Gasteiger partial charge in [0.1, 0.15) is 0 Å². The van der Waals surface area contributed by atoms with Gasteiger partial charge in [-0.2, -0.15) is 8.42 Å². The van der Waals surface area contributed by atoms with Gasteiger partial charge < -0.3 is 14.2 Å². The van der Waals surface area contributed by atoms with Crippen LogP contribution in [0.5, 0.6) is 0 Å². The second-order valence-electron chi connectivity index (χ2n) is 6.61. The van der Waals surface area contributed by atoms with Crippen LogP contribution in [0.15, 0.2) is 29.2 Å². The molecular formula is C17H23NO9S. The van der Waals surface area contributed by atoms with Crippen molar-refractivity contribution in [2.45, 2.75) is 56.5 Å². The van der Waals surface area contributed by atoms with Gasteiger partial charge >= 0.3 is 5.97 Å². The average Bonchev–Trinajstić information content (AvgIpc) is 2.59. The molecule has 0 aromatic heterocycles. The number of benzene rings is 1. The Kier molecular flexibility index (Phi) is 7.10. The van der Waals surface area contributed by atoms with E-state index in [1.54, 1.807) is 20.8 Å². The van der Waals surface area contributed by atoms with Crippen molar-refractivity contribution >= 4 is 21.8 Å². The Morgan fingerprint density at radius 2 is 1.86 bits per heavy atom. The van der Waals surface area contributed by atoms with E-state index in [-0.39, 0.29) is 36.6 Å². The molecule has 0 amide bonds. The predicted octanol–water partition coefficient (Wildman–Crippen LogP) is 2.16.